The maximum atomic E-state index is 4.89. The number of anilines is 1. The van der Waals surface area contributed by atoms with Gasteiger partial charge in [0.25, 0.3) is 0 Å². The molecule has 3 unspecified atom stereocenters. The molecule has 5 rings (SSSR count). The van der Waals surface area contributed by atoms with Crippen molar-refractivity contribution >= 4 is 16.7 Å². The van der Waals surface area contributed by atoms with Crippen molar-refractivity contribution in [3.63, 3.8) is 0 Å². The van der Waals surface area contributed by atoms with E-state index in [0.717, 1.165) is 23.2 Å². The van der Waals surface area contributed by atoms with Crippen LogP contribution < -0.4 is 5.32 Å². The van der Waals surface area contributed by atoms with Crippen LogP contribution in [0.15, 0.2) is 48.5 Å². The van der Waals surface area contributed by atoms with Crippen molar-refractivity contribution in [2.75, 3.05) is 5.32 Å². The normalized spacial score (nSPS) is 24.3. The van der Waals surface area contributed by atoms with Crippen molar-refractivity contribution in [3.05, 3.63) is 70.8 Å². The third-order valence-corrected chi connectivity index (χ3v) is 6.25. The maximum absolute atomic E-state index is 4.89. The first-order valence-electron chi connectivity index (χ1n) is 9.41. The second-order valence-corrected chi connectivity index (χ2v) is 7.84. The van der Waals surface area contributed by atoms with E-state index in [9.17, 15) is 0 Å². The zero-order valence-electron chi connectivity index (χ0n) is 14.9. The SMILES string of the molecule is Cc1ccc2c(C)cc(NC3CC4c5ccccc5CCC34)nc2c1. The number of benzene rings is 2. The number of nitrogens with zero attached hydrogens (tertiary/aromatic N) is 1. The van der Waals surface area contributed by atoms with Crippen LogP contribution in [-0.2, 0) is 6.42 Å². The van der Waals surface area contributed by atoms with Gasteiger partial charge in [-0.2, -0.15) is 0 Å². The molecule has 2 aliphatic carbocycles. The Kier molecular flexibility index (Phi) is 3.34. The number of rotatable bonds is 2. The molecule has 1 saturated carbocycles. The Balaban J connectivity index is 1.40. The molecule has 0 amide bonds. The summed E-state index contributed by atoms with van der Waals surface area (Å²) in [6, 6.07) is 18.3. The highest BCUT2D eigenvalue weighted by Crippen LogP contribution is 2.50. The fourth-order valence-corrected chi connectivity index (χ4v) is 4.86. The van der Waals surface area contributed by atoms with Crippen LogP contribution in [0.5, 0.6) is 0 Å². The van der Waals surface area contributed by atoms with Crippen molar-refractivity contribution in [1.29, 1.82) is 0 Å². The molecule has 3 aromatic rings. The van der Waals surface area contributed by atoms with Crippen LogP contribution in [-0.4, -0.2) is 11.0 Å². The molecule has 1 N–H and O–H groups in total. The molecule has 126 valence electrons. The minimum absolute atomic E-state index is 0.563. The summed E-state index contributed by atoms with van der Waals surface area (Å²) in [6.07, 6.45) is 3.75. The third-order valence-electron chi connectivity index (χ3n) is 6.25. The third kappa shape index (κ3) is 2.43. The molecule has 2 aliphatic rings. The van der Waals surface area contributed by atoms with Gasteiger partial charge >= 0.3 is 0 Å². The Morgan fingerprint density at radius 3 is 2.84 bits per heavy atom. The Morgan fingerprint density at radius 2 is 1.92 bits per heavy atom. The Hall–Kier alpha value is -2.35. The van der Waals surface area contributed by atoms with Crippen molar-refractivity contribution in [1.82, 2.24) is 4.98 Å². The lowest BCUT2D eigenvalue weighted by molar-refractivity contribution is 0.194. The van der Waals surface area contributed by atoms with E-state index in [2.05, 4.69) is 67.7 Å². The second kappa shape index (κ2) is 5.59. The molecule has 0 spiro atoms. The lowest BCUT2D eigenvalue weighted by Gasteiger charge is -2.49. The van der Waals surface area contributed by atoms with Gasteiger partial charge in [-0.05, 0) is 79.3 Å². The number of aryl methyl sites for hydroxylation is 3. The molecule has 0 bridgehead atoms. The van der Waals surface area contributed by atoms with Gasteiger partial charge in [-0.25, -0.2) is 4.98 Å². The van der Waals surface area contributed by atoms with Crippen LogP contribution >= 0.6 is 0 Å². The number of hydrogen-bond acceptors (Lipinski definition) is 2. The van der Waals surface area contributed by atoms with E-state index in [1.807, 2.05) is 0 Å². The zero-order valence-corrected chi connectivity index (χ0v) is 14.9. The predicted molar refractivity (Wildman–Crippen MR) is 104 cm³/mol. The molecular weight excluding hydrogens is 304 g/mol. The first kappa shape index (κ1) is 14.9. The number of aromatic nitrogens is 1. The van der Waals surface area contributed by atoms with Gasteiger partial charge in [0, 0.05) is 11.4 Å². The molecule has 1 heterocycles. The van der Waals surface area contributed by atoms with Gasteiger partial charge in [0.2, 0.25) is 0 Å². The second-order valence-electron chi connectivity index (χ2n) is 7.84. The van der Waals surface area contributed by atoms with Crippen LogP contribution in [0, 0.1) is 19.8 Å². The largest absolute Gasteiger partial charge is 0.367 e. The highest BCUT2D eigenvalue weighted by atomic mass is 15.0. The minimum atomic E-state index is 0.563. The van der Waals surface area contributed by atoms with E-state index in [0.29, 0.717) is 6.04 Å². The molecule has 0 radical (unpaired) electrons. The molecule has 25 heavy (non-hydrogen) atoms. The van der Waals surface area contributed by atoms with Crippen molar-refractivity contribution in [3.8, 4) is 0 Å². The van der Waals surface area contributed by atoms with Crippen LogP contribution in [0.25, 0.3) is 10.9 Å². The molecule has 2 nitrogen and oxygen atoms in total. The summed E-state index contributed by atoms with van der Waals surface area (Å²) in [5.41, 5.74) is 6.83. The van der Waals surface area contributed by atoms with Gasteiger partial charge in [-0.15, -0.1) is 0 Å². The fraction of sp³-hybridized carbons (Fsp3) is 0.348. The molecule has 0 saturated heterocycles. The van der Waals surface area contributed by atoms with Gasteiger partial charge < -0.3 is 5.32 Å². The Labute approximate surface area is 149 Å². The quantitative estimate of drug-likeness (QED) is 0.683. The topological polar surface area (TPSA) is 24.9 Å². The van der Waals surface area contributed by atoms with Gasteiger partial charge in [0.05, 0.1) is 5.52 Å². The van der Waals surface area contributed by atoms with Gasteiger partial charge in [0.15, 0.2) is 0 Å². The first-order valence-corrected chi connectivity index (χ1v) is 9.41. The van der Waals surface area contributed by atoms with E-state index in [1.54, 1.807) is 11.1 Å². The molecule has 0 aliphatic heterocycles. The lowest BCUT2D eigenvalue weighted by atomic mass is 9.60. The van der Waals surface area contributed by atoms with Crippen molar-refractivity contribution in [2.45, 2.75) is 45.1 Å². The summed E-state index contributed by atoms with van der Waals surface area (Å²) in [5, 5.41) is 5.01. The number of nitrogens with one attached hydrogen (secondary N) is 1. The average molecular weight is 328 g/mol. The van der Waals surface area contributed by atoms with Crippen LogP contribution in [0.4, 0.5) is 5.82 Å². The fourth-order valence-electron chi connectivity index (χ4n) is 4.86. The van der Waals surface area contributed by atoms with Gasteiger partial charge in [-0.3, -0.25) is 0 Å². The van der Waals surface area contributed by atoms with E-state index < -0.39 is 0 Å². The number of fused-ring (bicyclic) bond motifs is 4. The summed E-state index contributed by atoms with van der Waals surface area (Å²) < 4.78 is 0. The van der Waals surface area contributed by atoms with Crippen LogP contribution in [0.2, 0.25) is 0 Å². The van der Waals surface area contributed by atoms with E-state index in [4.69, 9.17) is 4.98 Å². The maximum Gasteiger partial charge on any atom is 0.127 e. The molecule has 3 atom stereocenters. The first-order chi connectivity index (χ1) is 12.2. The van der Waals surface area contributed by atoms with Crippen molar-refractivity contribution < 1.29 is 0 Å². The summed E-state index contributed by atoms with van der Waals surface area (Å²) >= 11 is 0. The highest BCUT2D eigenvalue weighted by molar-refractivity contribution is 5.84. The van der Waals surface area contributed by atoms with E-state index in [-0.39, 0.29) is 0 Å². The zero-order chi connectivity index (χ0) is 17.0. The molecule has 1 fully saturated rings. The van der Waals surface area contributed by atoms with Crippen LogP contribution in [0.3, 0.4) is 0 Å². The van der Waals surface area contributed by atoms with Gasteiger partial charge in [0.1, 0.15) is 5.82 Å². The lowest BCUT2D eigenvalue weighted by Crippen LogP contribution is -2.47. The standard InChI is InChI=1S/C23H24N2/c1-14-7-9-17-15(2)12-23(24-21(17)11-14)25-22-13-20-18-6-4-3-5-16(18)8-10-19(20)22/h3-7,9,11-12,19-20,22H,8,10,13H2,1-2H3,(H,24,25). The summed E-state index contributed by atoms with van der Waals surface area (Å²) in [4.78, 5) is 4.89. The molecule has 2 aromatic carbocycles. The smallest absolute Gasteiger partial charge is 0.127 e. The summed E-state index contributed by atoms with van der Waals surface area (Å²) in [5.74, 6) is 2.54. The summed E-state index contributed by atoms with van der Waals surface area (Å²) in [6.45, 7) is 4.32. The molecule has 1 aromatic heterocycles. The van der Waals surface area contributed by atoms with Crippen molar-refractivity contribution in [2.24, 2.45) is 5.92 Å². The number of hydrogen-bond donors (Lipinski definition) is 1. The minimum Gasteiger partial charge on any atom is -0.367 e. The highest BCUT2D eigenvalue weighted by Gasteiger charge is 2.44. The molecule has 2 heteroatoms. The van der Waals surface area contributed by atoms with Crippen LogP contribution in [0.1, 0.15) is 41.0 Å². The van der Waals surface area contributed by atoms with E-state index in [1.165, 1.54) is 35.8 Å². The van der Waals surface area contributed by atoms with Gasteiger partial charge in [-0.1, -0.05) is 36.4 Å². The Bertz CT molecular complexity index is 959. The Morgan fingerprint density at radius 1 is 1.04 bits per heavy atom. The monoisotopic (exact) mass is 328 g/mol. The van der Waals surface area contributed by atoms with E-state index >= 15 is 0 Å². The molecular formula is C23H24N2. The average Bonchev–Trinajstić information content (AvgIpc) is 2.59. The predicted octanol–water partition coefficient (Wildman–Crippen LogP) is 5.38. The summed E-state index contributed by atoms with van der Waals surface area (Å²) in [7, 11) is 0. The number of pyridine rings is 1.